The summed E-state index contributed by atoms with van der Waals surface area (Å²) < 4.78 is 4.76. The lowest BCUT2D eigenvalue weighted by Gasteiger charge is -2.34. The number of methoxy groups -OCH3 is 1. The zero-order chi connectivity index (χ0) is 21.3. The van der Waals surface area contributed by atoms with Crippen molar-refractivity contribution < 1.29 is 9.53 Å². The number of rotatable bonds is 2. The first kappa shape index (κ1) is 20.3. The van der Waals surface area contributed by atoms with Crippen LogP contribution in [-0.4, -0.2) is 70.3 Å². The number of H-pyrrole nitrogens is 1. The molecule has 1 aliphatic carbocycles. The van der Waals surface area contributed by atoms with Crippen LogP contribution in [0, 0.1) is 11.8 Å². The molecule has 2 aliphatic rings. The summed E-state index contributed by atoms with van der Waals surface area (Å²) in [7, 11) is 3.49. The molecule has 2 aromatic heterocycles. The Morgan fingerprint density at radius 1 is 1.43 bits per heavy atom. The predicted molar refractivity (Wildman–Crippen MR) is 118 cm³/mol. The molecule has 0 bridgehead atoms. The first-order valence-corrected chi connectivity index (χ1v) is 10.4. The Morgan fingerprint density at radius 3 is 3.03 bits per heavy atom. The van der Waals surface area contributed by atoms with Crippen LogP contribution >= 0.6 is 12.2 Å². The standard InChI is InChI=1S/C19H26N8O2S/c1-26(16-14-3-5-21-15(14)22-10-23-16)13-7-11-4-6-27(9-12(11)8-13)19(28)25-18(30)24-17(20)29-2/h3,5,10-13H,4,6-9H2,1-2H3,(H,21,22,23)(H3,20,24,25,28,30)/t11-,12-,13?/m0/s1. The molecule has 1 aliphatic heterocycles. The van der Waals surface area contributed by atoms with Crippen molar-refractivity contribution in [2.45, 2.75) is 25.3 Å². The van der Waals surface area contributed by atoms with Crippen LogP contribution in [0.15, 0.2) is 23.6 Å². The monoisotopic (exact) mass is 430 g/mol. The molecule has 2 amide bonds. The van der Waals surface area contributed by atoms with Gasteiger partial charge in [0.05, 0.1) is 12.5 Å². The quantitative estimate of drug-likeness (QED) is 0.374. The van der Waals surface area contributed by atoms with E-state index in [1.54, 1.807) is 6.33 Å². The van der Waals surface area contributed by atoms with E-state index in [2.05, 4.69) is 37.2 Å². The van der Waals surface area contributed by atoms with Gasteiger partial charge in [-0.25, -0.2) is 14.8 Å². The number of piperidine rings is 1. The fraction of sp³-hybridized carbons (Fsp3) is 0.526. The Labute approximate surface area is 179 Å². The third-order valence-electron chi connectivity index (χ3n) is 6.18. The molecule has 4 N–H and O–H groups in total. The Kier molecular flexibility index (Phi) is 5.71. The van der Waals surface area contributed by atoms with Gasteiger partial charge in [-0.15, -0.1) is 0 Å². The summed E-state index contributed by atoms with van der Waals surface area (Å²) in [5, 5.41) is 3.64. The van der Waals surface area contributed by atoms with Crippen molar-refractivity contribution in [1.29, 1.82) is 0 Å². The molecule has 10 nitrogen and oxygen atoms in total. The zero-order valence-corrected chi connectivity index (χ0v) is 17.9. The Balaban J connectivity index is 1.38. The number of hydrogen-bond donors (Lipinski definition) is 3. The van der Waals surface area contributed by atoms with Crippen molar-refractivity contribution in [3.05, 3.63) is 18.6 Å². The number of amidine groups is 1. The number of carbonyl (C=O) groups excluding carboxylic acids is 1. The molecule has 160 valence electrons. The molecule has 1 saturated carbocycles. The normalized spacial score (nSPS) is 23.9. The summed E-state index contributed by atoms with van der Waals surface area (Å²) >= 11 is 5.05. The van der Waals surface area contributed by atoms with Crippen LogP contribution in [0.25, 0.3) is 11.0 Å². The molecule has 0 spiro atoms. The lowest BCUT2D eigenvalue weighted by atomic mass is 9.89. The van der Waals surface area contributed by atoms with Crippen LogP contribution in [0.4, 0.5) is 10.6 Å². The highest BCUT2D eigenvalue weighted by atomic mass is 32.1. The van der Waals surface area contributed by atoms with Gasteiger partial charge in [-0.2, -0.15) is 4.99 Å². The number of fused-ring (bicyclic) bond motifs is 2. The van der Waals surface area contributed by atoms with E-state index in [-0.39, 0.29) is 17.2 Å². The molecule has 3 atom stereocenters. The number of aliphatic imine (C=N–C) groups is 1. The summed E-state index contributed by atoms with van der Waals surface area (Å²) in [4.78, 5) is 32.4. The molecular weight excluding hydrogens is 404 g/mol. The molecule has 0 aromatic carbocycles. The second-order valence-corrected chi connectivity index (χ2v) is 8.20. The van der Waals surface area contributed by atoms with Crippen molar-refractivity contribution in [2.24, 2.45) is 22.6 Å². The lowest BCUT2D eigenvalue weighted by Crippen LogP contribution is -2.48. The van der Waals surface area contributed by atoms with E-state index < -0.39 is 0 Å². The fourth-order valence-corrected chi connectivity index (χ4v) is 4.79. The molecule has 1 unspecified atom stereocenters. The van der Waals surface area contributed by atoms with Crippen molar-refractivity contribution in [1.82, 2.24) is 25.2 Å². The van der Waals surface area contributed by atoms with Gasteiger partial charge >= 0.3 is 6.03 Å². The number of ether oxygens (including phenoxy) is 1. The third kappa shape index (κ3) is 4.02. The van der Waals surface area contributed by atoms with Crippen LogP contribution < -0.4 is 16.0 Å². The van der Waals surface area contributed by atoms with Crippen molar-refractivity contribution in [3.63, 3.8) is 0 Å². The average molecular weight is 431 g/mol. The van der Waals surface area contributed by atoms with Gasteiger partial charge < -0.3 is 25.3 Å². The zero-order valence-electron chi connectivity index (χ0n) is 17.0. The minimum atomic E-state index is -0.243. The maximum Gasteiger partial charge on any atom is 0.323 e. The number of thiocarbonyl (C=S) groups is 1. The van der Waals surface area contributed by atoms with Gasteiger partial charge in [-0.05, 0) is 49.4 Å². The van der Waals surface area contributed by atoms with E-state index in [1.165, 1.54) is 7.11 Å². The van der Waals surface area contributed by atoms with Gasteiger partial charge in [-0.1, -0.05) is 0 Å². The van der Waals surface area contributed by atoms with E-state index in [0.29, 0.717) is 31.0 Å². The van der Waals surface area contributed by atoms with Gasteiger partial charge in [0.1, 0.15) is 17.8 Å². The summed E-state index contributed by atoms with van der Waals surface area (Å²) in [6, 6.07) is 2.06. The first-order chi connectivity index (χ1) is 14.5. The van der Waals surface area contributed by atoms with Crippen LogP contribution in [0.2, 0.25) is 0 Å². The van der Waals surface area contributed by atoms with Crippen LogP contribution in [-0.2, 0) is 4.74 Å². The number of aromatic nitrogens is 3. The molecule has 4 rings (SSSR count). The highest BCUT2D eigenvalue weighted by molar-refractivity contribution is 7.80. The topological polar surface area (TPSA) is 125 Å². The second kappa shape index (κ2) is 8.42. The molecule has 30 heavy (non-hydrogen) atoms. The van der Waals surface area contributed by atoms with Gasteiger partial charge in [0.2, 0.25) is 5.11 Å². The second-order valence-electron chi connectivity index (χ2n) is 7.82. The van der Waals surface area contributed by atoms with Crippen LogP contribution in [0.3, 0.4) is 0 Å². The molecule has 11 heteroatoms. The Hall–Kier alpha value is -2.95. The van der Waals surface area contributed by atoms with Crippen molar-refractivity contribution >= 4 is 46.2 Å². The van der Waals surface area contributed by atoms with Gasteiger partial charge in [0.25, 0.3) is 6.02 Å². The highest BCUT2D eigenvalue weighted by Gasteiger charge is 2.41. The third-order valence-corrected chi connectivity index (χ3v) is 6.37. The van der Waals surface area contributed by atoms with E-state index in [9.17, 15) is 4.79 Å². The molecule has 2 fully saturated rings. The number of nitrogens with two attached hydrogens (primary N) is 1. The lowest BCUT2D eigenvalue weighted by molar-refractivity contribution is 0.148. The fourth-order valence-electron chi connectivity index (χ4n) is 4.61. The number of urea groups is 1. The van der Waals surface area contributed by atoms with Crippen molar-refractivity contribution in [2.75, 3.05) is 32.1 Å². The van der Waals surface area contributed by atoms with Crippen LogP contribution in [0.1, 0.15) is 19.3 Å². The summed E-state index contributed by atoms with van der Waals surface area (Å²) in [6.07, 6.45) is 6.57. The number of nitrogens with zero attached hydrogens (tertiary/aromatic N) is 5. The maximum absolute atomic E-state index is 12.6. The minimum Gasteiger partial charge on any atom is -0.468 e. The van der Waals surface area contributed by atoms with Gasteiger partial charge in [-0.3, -0.25) is 5.32 Å². The molecule has 1 saturated heterocycles. The molecular formula is C19H26N8O2S. The predicted octanol–water partition coefficient (Wildman–Crippen LogP) is 1.45. The van der Waals surface area contributed by atoms with Crippen molar-refractivity contribution in [3.8, 4) is 0 Å². The van der Waals surface area contributed by atoms with Gasteiger partial charge in [0.15, 0.2) is 0 Å². The van der Waals surface area contributed by atoms with E-state index in [0.717, 1.165) is 36.1 Å². The van der Waals surface area contributed by atoms with Gasteiger partial charge in [0, 0.05) is 32.4 Å². The smallest absolute Gasteiger partial charge is 0.323 e. The number of nitrogens with one attached hydrogen (secondary N) is 2. The maximum atomic E-state index is 12.6. The largest absolute Gasteiger partial charge is 0.468 e. The number of aromatic amines is 1. The van der Waals surface area contributed by atoms with E-state index >= 15 is 0 Å². The Morgan fingerprint density at radius 2 is 2.23 bits per heavy atom. The molecule has 3 heterocycles. The molecule has 0 radical (unpaired) electrons. The Bertz CT molecular complexity index is 976. The molecule has 2 aromatic rings. The number of hydrogen-bond acceptors (Lipinski definition) is 6. The first-order valence-electron chi connectivity index (χ1n) is 9.95. The summed E-state index contributed by atoms with van der Waals surface area (Å²) in [5.41, 5.74) is 6.32. The number of carbonyl (C=O) groups is 1. The minimum absolute atomic E-state index is 0.00443. The number of likely N-dealkylation sites (tertiary alicyclic amines) is 1. The SMILES string of the molecule is COC(N)=NC(=S)NC(=O)N1CC[C@H]2CC(N(C)c3ncnc4[nH]ccc34)C[C@H]2C1. The number of anilines is 1. The van der Waals surface area contributed by atoms with Crippen LogP contribution in [0.5, 0.6) is 0 Å². The number of amides is 2. The van der Waals surface area contributed by atoms with E-state index in [4.69, 9.17) is 22.7 Å². The van der Waals surface area contributed by atoms with E-state index in [1.807, 2.05) is 17.2 Å². The average Bonchev–Trinajstić information content (AvgIpc) is 3.38. The highest BCUT2D eigenvalue weighted by Crippen LogP contribution is 2.41. The summed E-state index contributed by atoms with van der Waals surface area (Å²) in [6.45, 7) is 1.40. The summed E-state index contributed by atoms with van der Waals surface area (Å²) in [5.74, 6) is 1.99.